The molecule has 0 fully saturated rings. The van der Waals surface area contributed by atoms with Crippen LogP contribution in [0.2, 0.25) is 0 Å². The van der Waals surface area contributed by atoms with Crippen LogP contribution in [0.4, 0.5) is 0 Å². The first-order valence-electron chi connectivity index (χ1n) is 6.33. The van der Waals surface area contributed by atoms with Crippen LogP contribution in [0.5, 0.6) is 0 Å². The van der Waals surface area contributed by atoms with Gasteiger partial charge in [0.05, 0.1) is 17.2 Å². The van der Waals surface area contributed by atoms with E-state index in [0.717, 1.165) is 5.52 Å². The van der Waals surface area contributed by atoms with Gasteiger partial charge in [-0.3, -0.25) is 9.78 Å². The maximum atomic E-state index is 11.9. The first-order chi connectivity index (χ1) is 9.08. The number of para-hydroxylation sites is 2. The Morgan fingerprint density at radius 2 is 2.00 bits per heavy atom. The molecule has 1 heterocycles. The molecule has 0 radical (unpaired) electrons. The molecule has 2 rings (SSSR count). The van der Waals surface area contributed by atoms with Crippen molar-refractivity contribution in [1.29, 1.82) is 0 Å². The number of nitrogens with zero attached hydrogens (tertiary/aromatic N) is 2. The third-order valence-corrected chi connectivity index (χ3v) is 3.04. The fraction of sp³-hybridized carbons (Fsp3) is 0.357. The third kappa shape index (κ3) is 3.26. The van der Waals surface area contributed by atoms with E-state index in [-0.39, 0.29) is 11.9 Å². The molecule has 0 spiro atoms. The van der Waals surface area contributed by atoms with Crippen molar-refractivity contribution in [1.82, 2.24) is 15.3 Å². The molecule has 0 aliphatic rings. The highest BCUT2D eigenvalue weighted by molar-refractivity contribution is 5.93. The first kappa shape index (κ1) is 13.4. The van der Waals surface area contributed by atoms with Crippen molar-refractivity contribution in [2.75, 3.05) is 6.54 Å². The molecule has 5 heteroatoms. The summed E-state index contributed by atoms with van der Waals surface area (Å²) in [5.74, 6) is 0.0809. The maximum Gasteiger partial charge on any atom is 0.271 e. The predicted octanol–water partition coefficient (Wildman–Crippen LogP) is 1.34. The van der Waals surface area contributed by atoms with E-state index in [0.29, 0.717) is 23.7 Å². The summed E-state index contributed by atoms with van der Waals surface area (Å²) in [5.41, 5.74) is 7.68. The molecule has 0 bridgehead atoms. The number of carbonyl (C=O) groups is 1. The maximum absolute atomic E-state index is 11.9. The van der Waals surface area contributed by atoms with Crippen LogP contribution in [0.15, 0.2) is 30.5 Å². The van der Waals surface area contributed by atoms with E-state index in [1.54, 1.807) is 0 Å². The van der Waals surface area contributed by atoms with E-state index >= 15 is 0 Å². The average Bonchev–Trinajstić information content (AvgIpc) is 2.43. The number of rotatable bonds is 4. The highest BCUT2D eigenvalue weighted by Crippen LogP contribution is 2.08. The second kappa shape index (κ2) is 5.75. The highest BCUT2D eigenvalue weighted by Gasteiger charge is 2.12. The molecule has 1 atom stereocenters. The van der Waals surface area contributed by atoms with E-state index in [2.05, 4.69) is 15.3 Å². The summed E-state index contributed by atoms with van der Waals surface area (Å²) >= 11 is 0. The number of benzene rings is 1. The van der Waals surface area contributed by atoms with Crippen molar-refractivity contribution in [2.24, 2.45) is 11.7 Å². The van der Waals surface area contributed by atoms with Crippen LogP contribution < -0.4 is 11.1 Å². The van der Waals surface area contributed by atoms with E-state index in [4.69, 9.17) is 5.73 Å². The SMILES string of the molecule is CC(C)C(N)CNC(=O)c1cnc2ccccc2n1. The normalized spacial score (nSPS) is 12.6. The number of nitrogens with two attached hydrogens (primary N) is 1. The van der Waals surface area contributed by atoms with Gasteiger partial charge in [0.15, 0.2) is 0 Å². The molecular weight excluding hydrogens is 240 g/mol. The lowest BCUT2D eigenvalue weighted by molar-refractivity contribution is 0.0944. The minimum absolute atomic E-state index is 0.0580. The molecule has 0 aliphatic carbocycles. The Hall–Kier alpha value is -2.01. The van der Waals surface area contributed by atoms with Gasteiger partial charge >= 0.3 is 0 Å². The number of carbonyl (C=O) groups excluding carboxylic acids is 1. The zero-order chi connectivity index (χ0) is 13.8. The van der Waals surface area contributed by atoms with E-state index < -0.39 is 0 Å². The Bertz CT molecular complexity index is 582. The lowest BCUT2D eigenvalue weighted by Gasteiger charge is -2.15. The van der Waals surface area contributed by atoms with Crippen LogP contribution in [0.25, 0.3) is 11.0 Å². The van der Waals surface area contributed by atoms with Gasteiger partial charge in [-0.1, -0.05) is 26.0 Å². The standard InChI is InChI=1S/C14H18N4O/c1-9(2)10(15)7-17-14(19)13-8-16-11-5-3-4-6-12(11)18-13/h3-6,8-10H,7,15H2,1-2H3,(H,17,19). The molecule has 0 saturated heterocycles. The molecule has 5 nitrogen and oxygen atoms in total. The van der Waals surface area contributed by atoms with Crippen LogP contribution >= 0.6 is 0 Å². The topological polar surface area (TPSA) is 80.9 Å². The Labute approximate surface area is 112 Å². The molecule has 100 valence electrons. The smallest absolute Gasteiger partial charge is 0.271 e. The van der Waals surface area contributed by atoms with Gasteiger partial charge in [-0.2, -0.15) is 0 Å². The summed E-state index contributed by atoms with van der Waals surface area (Å²) in [6.07, 6.45) is 1.48. The monoisotopic (exact) mass is 258 g/mol. The lowest BCUT2D eigenvalue weighted by atomic mass is 10.1. The van der Waals surface area contributed by atoms with Gasteiger partial charge in [0.25, 0.3) is 5.91 Å². The predicted molar refractivity (Wildman–Crippen MR) is 74.7 cm³/mol. The van der Waals surface area contributed by atoms with Crippen molar-refractivity contribution < 1.29 is 4.79 Å². The Balaban J connectivity index is 2.09. The molecular formula is C14H18N4O. The number of hydrogen-bond donors (Lipinski definition) is 2. The second-order valence-corrected chi connectivity index (χ2v) is 4.86. The number of hydrogen-bond acceptors (Lipinski definition) is 4. The van der Waals surface area contributed by atoms with Crippen molar-refractivity contribution >= 4 is 16.9 Å². The van der Waals surface area contributed by atoms with Gasteiger partial charge in [-0.05, 0) is 18.1 Å². The molecule has 1 aromatic carbocycles. The Morgan fingerprint density at radius 1 is 1.32 bits per heavy atom. The van der Waals surface area contributed by atoms with Crippen molar-refractivity contribution in [3.05, 3.63) is 36.2 Å². The quantitative estimate of drug-likeness (QED) is 0.867. The van der Waals surface area contributed by atoms with Crippen molar-refractivity contribution in [2.45, 2.75) is 19.9 Å². The molecule has 0 saturated carbocycles. The molecule has 19 heavy (non-hydrogen) atoms. The van der Waals surface area contributed by atoms with Crippen LogP contribution in [0.3, 0.4) is 0 Å². The Morgan fingerprint density at radius 3 is 2.68 bits per heavy atom. The highest BCUT2D eigenvalue weighted by atomic mass is 16.1. The van der Waals surface area contributed by atoms with Crippen LogP contribution in [0, 0.1) is 5.92 Å². The van der Waals surface area contributed by atoms with Crippen molar-refractivity contribution in [3.63, 3.8) is 0 Å². The summed E-state index contributed by atoms with van der Waals surface area (Å²) < 4.78 is 0. The zero-order valence-electron chi connectivity index (χ0n) is 11.1. The number of amides is 1. The minimum Gasteiger partial charge on any atom is -0.349 e. The molecule has 1 amide bonds. The van der Waals surface area contributed by atoms with Crippen LogP contribution in [0.1, 0.15) is 24.3 Å². The molecule has 1 aromatic heterocycles. The summed E-state index contributed by atoms with van der Waals surface area (Å²) in [4.78, 5) is 20.4. The van der Waals surface area contributed by atoms with E-state index in [1.807, 2.05) is 38.1 Å². The van der Waals surface area contributed by atoms with Crippen LogP contribution in [-0.2, 0) is 0 Å². The lowest BCUT2D eigenvalue weighted by Crippen LogP contribution is -2.40. The fourth-order valence-electron chi connectivity index (χ4n) is 1.60. The molecule has 2 aromatic rings. The molecule has 1 unspecified atom stereocenters. The number of fused-ring (bicyclic) bond motifs is 1. The van der Waals surface area contributed by atoms with Gasteiger partial charge in [-0.25, -0.2) is 4.98 Å². The van der Waals surface area contributed by atoms with Gasteiger partial charge in [0.2, 0.25) is 0 Å². The van der Waals surface area contributed by atoms with E-state index in [1.165, 1.54) is 6.20 Å². The van der Waals surface area contributed by atoms with E-state index in [9.17, 15) is 4.79 Å². The van der Waals surface area contributed by atoms with Gasteiger partial charge < -0.3 is 11.1 Å². The van der Waals surface area contributed by atoms with Crippen molar-refractivity contribution in [3.8, 4) is 0 Å². The minimum atomic E-state index is -0.241. The molecule has 3 N–H and O–H groups in total. The number of aromatic nitrogens is 2. The summed E-state index contributed by atoms with van der Waals surface area (Å²) in [7, 11) is 0. The van der Waals surface area contributed by atoms with Crippen LogP contribution in [-0.4, -0.2) is 28.5 Å². The average molecular weight is 258 g/mol. The fourth-order valence-corrected chi connectivity index (χ4v) is 1.60. The third-order valence-electron chi connectivity index (χ3n) is 3.04. The summed E-state index contributed by atoms with van der Waals surface area (Å²) in [5, 5.41) is 2.78. The summed E-state index contributed by atoms with van der Waals surface area (Å²) in [6, 6.07) is 7.39. The van der Waals surface area contributed by atoms with Gasteiger partial charge in [-0.15, -0.1) is 0 Å². The Kier molecular flexibility index (Phi) is 4.06. The largest absolute Gasteiger partial charge is 0.349 e. The van der Waals surface area contributed by atoms with Gasteiger partial charge in [0.1, 0.15) is 5.69 Å². The van der Waals surface area contributed by atoms with Gasteiger partial charge in [0, 0.05) is 12.6 Å². The first-order valence-corrected chi connectivity index (χ1v) is 6.33. The number of nitrogens with one attached hydrogen (secondary N) is 1. The summed E-state index contributed by atoms with van der Waals surface area (Å²) in [6.45, 7) is 4.48. The second-order valence-electron chi connectivity index (χ2n) is 4.86. The molecule has 0 aliphatic heterocycles. The zero-order valence-corrected chi connectivity index (χ0v) is 11.1.